The van der Waals surface area contributed by atoms with Crippen molar-refractivity contribution in [3.05, 3.63) is 54.6 Å². The largest absolute Gasteiger partial charge is 0.353 e. The molecule has 3 aromatic rings. The van der Waals surface area contributed by atoms with Crippen LogP contribution in [-0.4, -0.2) is 24.7 Å². The summed E-state index contributed by atoms with van der Waals surface area (Å²) in [5.41, 5.74) is 0.693. The molecule has 9 heteroatoms. The molecule has 2 aromatic heterocycles. The number of nitrogens with zero attached hydrogens (tertiary/aromatic N) is 4. The van der Waals surface area contributed by atoms with Gasteiger partial charge in [0.15, 0.2) is 11.2 Å². The molecule has 0 unspecified atom stereocenters. The number of hydrogen-bond acceptors (Lipinski definition) is 4. The number of fused-ring (bicyclic) bond motifs is 1. The Bertz CT molecular complexity index is 1170. The van der Waals surface area contributed by atoms with E-state index in [1.54, 1.807) is 36.9 Å². The van der Waals surface area contributed by atoms with Gasteiger partial charge in [-0.15, -0.1) is 0 Å². The highest BCUT2D eigenvalue weighted by Crippen LogP contribution is 2.24. The molecule has 1 aliphatic carbocycles. The predicted molar refractivity (Wildman–Crippen MR) is 112 cm³/mol. The van der Waals surface area contributed by atoms with Crippen LogP contribution in [0.5, 0.6) is 0 Å². The van der Waals surface area contributed by atoms with Crippen molar-refractivity contribution in [2.75, 3.05) is 5.32 Å². The number of aromatic nitrogens is 4. The Morgan fingerprint density at radius 1 is 1.11 bits per heavy atom. The van der Waals surface area contributed by atoms with Gasteiger partial charge >= 0.3 is 5.69 Å². The Balaban J connectivity index is 1.81. The lowest BCUT2D eigenvalue weighted by molar-refractivity contribution is 0.655. The predicted octanol–water partition coefficient (Wildman–Crippen LogP) is 3.14. The number of rotatable bonds is 4. The van der Waals surface area contributed by atoms with Gasteiger partial charge in [0, 0.05) is 20.1 Å². The van der Waals surface area contributed by atoms with E-state index in [1.165, 1.54) is 22.0 Å². The third-order valence-electron chi connectivity index (χ3n) is 5.37. The monoisotopic (exact) mass is 421 g/mol. The first-order chi connectivity index (χ1) is 13.4. The van der Waals surface area contributed by atoms with Crippen molar-refractivity contribution in [3.63, 3.8) is 0 Å². The number of hydrogen-bond donors (Lipinski definition) is 1. The lowest BCUT2D eigenvalue weighted by Gasteiger charge is -2.12. The maximum absolute atomic E-state index is 13.1. The molecule has 0 aliphatic heterocycles. The van der Waals surface area contributed by atoms with Gasteiger partial charge in [-0.25, -0.2) is 4.79 Å². The number of imidazole rings is 1. The summed E-state index contributed by atoms with van der Waals surface area (Å²) in [6, 6.07) is 5.42. The molecule has 0 saturated heterocycles. The van der Waals surface area contributed by atoms with E-state index >= 15 is 0 Å². The normalized spacial score (nSPS) is 14.9. The summed E-state index contributed by atoms with van der Waals surface area (Å²) in [7, 11) is 3.42. The molecule has 1 N–H and O–H groups in total. The topological polar surface area (TPSA) is 73.8 Å². The van der Waals surface area contributed by atoms with Crippen LogP contribution in [-0.2, 0) is 20.6 Å². The fourth-order valence-corrected chi connectivity index (χ4v) is 4.11. The third-order valence-corrected chi connectivity index (χ3v) is 6.11. The fraction of sp³-hybridized carbons (Fsp3) is 0.421. The molecular weight excluding hydrogens is 401 g/mol. The van der Waals surface area contributed by atoms with E-state index in [1.807, 2.05) is 0 Å². The molecule has 1 aromatic carbocycles. The van der Waals surface area contributed by atoms with Crippen molar-refractivity contribution in [2.45, 2.75) is 38.3 Å². The van der Waals surface area contributed by atoms with Crippen molar-refractivity contribution in [1.82, 2.24) is 18.7 Å². The second-order valence-electron chi connectivity index (χ2n) is 7.27. The van der Waals surface area contributed by atoms with Crippen LogP contribution in [0.2, 0.25) is 10.0 Å². The van der Waals surface area contributed by atoms with Gasteiger partial charge < -0.3 is 9.88 Å². The average molecular weight is 422 g/mol. The molecule has 0 radical (unpaired) electrons. The zero-order chi connectivity index (χ0) is 20.0. The van der Waals surface area contributed by atoms with Gasteiger partial charge in [0.1, 0.15) is 0 Å². The van der Waals surface area contributed by atoms with Crippen LogP contribution in [0.1, 0.15) is 31.2 Å². The quantitative estimate of drug-likeness (QED) is 0.701. The van der Waals surface area contributed by atoms with E-state index in [-0.39, 0.29) is 12.1 Å². The van der Waals surface area contributed by atoms with Crippen molar-refractivity contribution < 1.29 is 0 Å². The smallest absolute Gasteiger partial charge is 0.332 e. The Morgan fingerprint density at radius 3 is 2.50 bits per heavy atom. The lowest BCUT2D eigenvalue weighted by atomic mass is 10.2. The van der Waals surface area contributed by atoms with E-state index in [4.69, 9.17) is 23.2 Å². The minimum atomic E-state index is -0.422. The first kappa shape index (κ1) is 19.1. The summed E-state index contributed by atoms with van der Waals surface area (Å²) in [6.07, 6.45) is 4.56. The molecule has 0 atom stereocenters. The summed E-state index contributed by atoms with van der Waals surface area (Å²) in [5.74, 6) is 0.612. The molecule has 148 valence electrons. The van der Waals surface area contributed by atoms with Crippen molar-refractivity contribution in [3.8, 4) is 0 Å². The molecule has 2 heterocycles. The number of nitrogens with one attached hydrogen (secondary N) is 1. The van der Waals surface area contributed by atoms with Crippen LogP contribution in [0.3, 0.4) is 0 Å². The summed E-state index contributed by atoms with van der Waals surface area (Å²) >= 11 is 12.0. The van der Waals surface area contributed by atoms with Crippen LogP contribution < -0.4 is 16.6 Å². The van der Waals surface area contributed by atoms with Crippen LogP contribution >= 0.6 is 23.2 Å². The van der Waals surface area contributed by atoms with Gasteiger partial charge in [-0.1, -0.05) is 42.1 Å². The van der Waals surface area contributed by atoms with Crippen molar-refractivity contribution in [1.29, 1.82) is 0 Å². The third kappa shape index (κ3) is 3.22. The second kappa shape index (κ2) is 7.29. The molecule has 0 amide bonds. The standard InChI is InChI=1S/C19H21Cl2N5O2/c1-24-15-16(23-18(24)22-12-5-3-4-6-12)25(2)19(28)26(17(15)27)10-11-7-8-13(20)14(21)9-11/h7-9,12H,3-6,10H2,1-2H3,(H,22,23). The first-order valence-electron chi connectivity index (χ1n) is 9.23. The highest BCUT2D eigenvalue weighted by atomic mass is 35.5. The average Bonchev–Trinajstić information content (AvgIpc) is 3.29. The van der Waals surface area contributed by atoms with Crippen molar-refractivity contribution >= 4 is 40.3 Å². The van der Waals surface area contributed by atoms with E-state index in [0.717, 1.165) is 18.4 Å². The van der Waals surface area contributed by atoms with Gasteiger partial charge in [-0.05, 0) is 30.5 Å². The second-order valence-corrected chi connectivity index (χ2v) is 8.09. The summed E-state index contributed by atoms with van der Waals surface area (Å²) in [5, 5.41) is 4.22. The van der Waals surface area contributed by atoms with Crippen LogP contribution in [0.25, 0.3) is 11.2 Å². The van der Waals surface area contributed by atoms with Gasteiger partial charge in [0.2, 0.25) is 5.95 Å². The highest BCUT2D eigenvalue weighted by molar-refractivity contribution is 6.42. The molecule has 28 heavy (non-hydrogen) atoms. The highest BCUT2D eigenvalue weighted by Gasteiger charge is 2.21. The fourth-order valence-electron chi connectivity index (χ4n) is 3.79. The Labute approximate surface area is 171 Å². The van der Waals surface area contributed by atoms with Gasteiger partial charge in [-0.3, -0.25) is 13.9 Å². The molecule has 1 saturated carbocycles. The zero-order valence-electron chi connectivity index (χ0n) is 15.7. The number of aryl methyl sites for hydroxylation is 2. The van der Waals surface area contributed by atoms with E-state index < -0.39 is 5.69 Å². The molecular formula is C19H21Cl2N5O2. The number of anilines is 1. The van der Waals surface area contributed by atoms with E-state index in [2.05, 4.69) is 10.3 Å². The lowest BCUT2D eigenvalue weighted by Crippen LogP contribution is -2.39. The van der Waals surface area contributed by atoms with Gasteiger partial charge in [0.25, 0.3) is 5.56 Å². The van der Waals surface area contributed by atoms with Gasteiger partial charge in [0.05, 0.1) is 16.6 Å². The van der Waals surface area contributed by atoms with Gasteiger partial charge in [-0.2, -0.15) is 4.98 Å². The Morgan fingerprint density at radius 2 is 1.82 bits per heavy atom. The summed E-state index contributed by atoms with van der Waals surface area (Å²) < 4.78 is 4.35. The van der Waals surface area contributed by atoms with Crippen LogP contribution in [0.15, 0.2) is 27.8 Å². The number of halogens is 2. The Kier molecular flexibility index (Phi) is 4.97. The van der Waals surface area contributed by atoms with Crippen LogP contribution in [0.4, 0.5) is 5.95 Å². The van der Waals surface area contributed by atoms with Crippen molar-refractivity contribution in [2.24, 2.45) is 14.1 Å². The summed E-state index contributed by atoms with van der Waals surface area (Å²) in [6.45, 7) is 0.106. The molecule has 7 nitrogen and oxygen atoms in total. The SMILES string of the molecule is Cn1c(NC2CCCC2)nc2c1c(=O)n(Cc1ccc(Cl)c(Cl)c1)c(=O)n2C. The maximum Gasteiger partial charge on any atom is 0.332 e. The first-order valence-corrected chi connectivity index (χ1v) is 9.99. The maximum atomic E-state index is 13.1. The minimum absolute atomic E-state index is 0.106. The molecule has 1 fully saturated rings. The summed E-state index contributed by atoms with van der Waals surface area (Å²) in [4.78, 5) is 30.5. The molecule has 0 bridgehead atoms. The minimum Gasteiger partial charge on any atom is -0.353 e. The number of benzene rings is 1. The van der Waals surface area contributed by atoms with E-state index in [0.29, 0.717) is 33.2 Å². The molecule has 4 rings (SSSR count). The Hall–Kier alpha value is -2.25. The molecule has 0 spiro atoms. The zero-order valence-corrected chi connectivity index (χ0v) is 17.2. The van der Waals surface area contributed by atoms with Crippen LogP contribution in [0, 0.1) is 0 Å². The van der Waals surface area contributed by atoms with E-state index in [9.17, 15) is 9.59 Å². The molecule has 1 aliphatic rings.